The zero-order chi connectivity index (χ0) is 19.1. The SMILES string of the molecule is Cc1ccc(-c2nc(CN3CCC[C@H]3c3nnc4ccccn34)co2)c(C)c1. The minimum atomic E-state index is 0.249. The second kappa shape index (κ2) is 6.87. The number of pyridine rings is 1. The number of benzene rings is 1. The smallest absolute Gasteiger partial charge is 0.226 e. The van der Waals surface area contributed by atoms with Crippen LogP contribution < -0.4 is 0 Å². The lowest BCUT2D eigenvalue weighted by Crippen LogP contribution is -2.24. The minimum absolute atomic E-state index is 0.249. The molecule has 1 atom stereocenters. The van der Waals surface area contributed by atoms with E-state index in [4.69, 9.17) is 9.40 Å². The zero-order valence-corrected chi connectivity index (χ0v) is 16.2. The number of oxazole rings is 1. The van der Waals surface area contributed by atoms with Crippen LogP contribution in [-0.4, -0.2) is 31.0 Å². The molecule has 0 aliphatic carbocycles. The van der Waals surface area contributed by atoms with E-state index in [1.807, 2.05) is 24.4 Å². The zero-order valence-electron chi connectivity index (χ0n) is 16.2. The maximum Gasteiger partial charge on any atom is 0.226 e. The summed E-state index contributed by atoms with van der Waals surface area (Å²) in [4.78, 5) is 7.19. The molecule has 1 fully saturated rings. The monoisotopic (exact) mass is 373 g/mol. The van der Waals surface area contributed by atoms with E-state index in [1.54, 1.807) is 6.26 Å². The third-order valence-electron chi connectivity index (χ3n) is 5.53. The molecule has 0 spiro atoms. The van der Waals surface area contributed by atoms with Gasteiger partial charge in [-0.25, -0.2) is 4.98 Å². The molecule has 0 unspecified atom stereocenters. The van der Waals surface area contributed by atoms with Crippen LogP contribution in [0.5, 0.6) is 0 Å². The van der Waals surface area contributed by atoms with Crippen LogP contribution in [0, 0.1) is 13.8 Å². The molecule has 28 heavy (non-hydrogen) atoms. The molecule has 142 valence electrons. The molecule has 1 aliphatic heterocycles. The Morgan fingerprint density at radius 2 is 2.07 bits per heavy atom. The number of likely N-dealkylation sites (tertiary alicyclic amines) is 1. The summed E-state index contributed by atoms with van der Waals surface area (Å²) in [5.74, 6) is 1.70. The molecule has 0 bridgehead atoms. The van der Waals surface area contributed by atoms with E-state index in [0.717, 1.165) is 48.7 Å². The molecule has 5 rings (SSSR count). The van der Waals surface area contributed by atoms with Crippen molar-refractivity contribution in [3.8, 4) is 11.5 Å². The van der Waals surface area contributed by atoms with E-state index in [2.05, 4.69) is 51.5 Å². The van der Waals surface area contributed by atoms with E-state index in [0.29, 0.717) is 5.89 Å². The van der Waals surface area contributed by atoms with Gasteiger partial charge in [0.05, 0.1) is 11.7 Å². The van der Waals surface area contributed by atoms with Gasteiger partial charge in [-0.1, -0.05) is 23.8 Å². The van der Waals surface area contributed by atoms with Gasteiger partial charge < -0.3 is 4.42 Å². The lowest BCUT2D eigenvalue weighted by atomic mass is 10.1. The second-order valence-electron chi connectivity index (χ2n) is 7.58. The second-order valence-corrected chi connectivity index (χ2v) is 7.58. The van der Waals surface area contributed by atoms with E-state index in [1.165, 1.54) is 11.1 Å². The van der Waals surface area contributed by atoms with Crippen molar-refractivity contribution in [3.63, 3.8) is 0 Å². The molecule has 0 radical (unpaired) electrons. The summed E-state index contributed by atoms with van der Waals surface area (Å²) in [5, 5.41) is 8.79. The summed E-state index contributed by atoms with van der Waals surface area (Å²) >= 11 is 0. The highest BCUT2D eigenvalue weighted by Crippen LogP contribution is 2.33. The van der Waals surface area contributed by atoms with Crippen molar-refractivity contribution in [1.82, 2.24) is 24.5 Å². The Bertz CT molecular complexity index is 1130. The Morgan fingerprint density at radius 3 is 2.96 bits per heavy atom. The fourth-order valence-electron chi connectivity index (χ4n) is 4.16. The molecule has 3 aromatic heterocycles. The van der Waals surface area contributed by atoms with Crippen LogP contribution in [0.4, 0.5) is 0 Å². The number of fused-ring (bicyclic) bond motifs is 1. The number of aromatic nitrogens is 4. The highest BCUT2D eigenvalue weighted by Gasteiger charge is 2.30. The van der Waals surface area contributed by atoms with Crippen molar-refractivity contribution in [2.75, 3.05) is 6.54 Å². The van der Waals surface area contributed by atoms with Crippen LogP contribution in [-0.2, 0) is 6.54 Å². The summed E-state index contributed by atoms with van der Waals surface area (Å²) in [5.41, 5.74) is 5.33. The molecule has 0 saturated carbocycles. The Kier molecular flexibility index (Phi) is 4.20. The van der Waals surface area contributed by atoms with Crippen LogP contribution in [0.3, 0.4) is 0 Å². The number of nitrogens with zero attached hydrogens (tertiary/aromatic N) is 5. The van der Waals surface area contributed by atoms with Gasteiger partial charge in [-0.05, 0) is 57.0 Å². The number of hydrogen-bond acceptors (Lipinski definition) is 5. The molecule has 6 heteroatoms. The summed E-state index contributed by atoms with van der Waals surface area (Å²) in [6.07, 6.45) is 6.05. The van der Waals surface area contributed by atoms with Crippen molar-refractivity contribution in [1.29, 1.82) is 0 Å². The highest BCUT2D eigenvalue weighted by atomic mass is 16.3. The Morgan fingerprint density at radius 1 is 1.14 bits per heavy atom. The van der Waals surface area contributed by atoms with Crippen molar-refractivity contribution in [2.24, 2.45) is 0 Å². The highest BCUT2D eigenvalue weighted by molar-refractivity contribution is 5.59. The first-order valence-corrected chi connectivity index (χ1v) is 9.75. The molecular weight excluding hydrogens is 350 g/mol. The lowest BCUT2D eigenvalue weighted by Gasteiger charge is -2.21. The van der Waals surface area contributed by atoms with Gasteiger partial charge in [0.25, 0.3) is 0 Å². The average Bonchev–Trinajstić information content (AvgIpc) is 3.41. The normalized spacial score (nSPS) is 17.6. The van der Waals surface area contributed by atoms with Crippen molar-refractivity contribution >= 4 is 5.65 Å². The van der Waals surface area contributed by atoms with Gasteiger partial charge in [0.15, 0.2) is 11.5 Å². The Labute approximate surface area is 163 Å². The number of rotatable bonds is 4. The third-order valence-corrected chi connectivity index (χ3v) is 5.53. The summed E-state index contributed by atoms with van der Waals surface area (Å²) in [6, 6.07) is 12.6. The predicted octanol–water partition coefficient (Wildman–Crippen LogP) is 4.34. The molecule has 4 aromatic rings. The standard InChI is InChI=1S/C22H23N5O/c1-15-8-9-18(16(2)12-15)22-23-17(14-28-22)13-26-10-5-6-19(26)21-25-24-20-7-3-4-11-27(20)21/h3-4,7-9,11-12,14,19H,5-6,10,13H2,1-2H3/t19-/m0/s1. The molecule has 0 N–H and O–H groups in total. The predicted molar refractivity (Wildman–Crippen MR) is 107 cm³/mol. The number of aryl methyl sites for hydroxylation is 2. The molecule has 6 nitrogen and oxygen atoms in total. The third kappa shape index (κ3) is 2.99. The van der Waals surface area contributed by atoms with Gasteiger partial charge in [0.1, 0.15) is 6.26 Å². The van der Waals surface area contributed by atoms with Crippen molar-refractivity contribution in [3.05, 3.63) is 71.5 Å². The molecule has 1 saturated heterocycles. The first-order chi connectivity index (χ1) is 13.7. The van der Waals surface area contributed by atoms with E-state index >= 15 is 0 Å². The Balaban J connectivity index is 1.39. The maximum atomic E-state index is 5.81. The van der Waals surface area contributed by atoms with Gasteiger partial charge in [-0.2, -0.15) is 0 Å². The summed E-state index contributed by atoms with van der Waals surface area (Å²) < 4.78 is 7.90. The quantitative estimate of drug-likeness (QED) is 0.533. The van der Waals surface area contributed by atoms with Crippen molar-refractivity contribution in [2.45, 2.75) is 39.3 Å². The number of hydrogen-bond donors (Lipinski definition) is 0. The van der Waals surface area contributed by atoms with Crippen LogP contribution in [0.15, 0.2) is 53.3 Å². The van der Waals surface area contributed by atoms with Crippen LogP contribution in [0.25, 0.3) is 17.1 Å². The molecule has 1 aliphatic rings. The van der Waals surface area contributed by atoms with Gasteiger partial charge in [-0.3, -0.25) is 9.30 Å². The van der Waals surface area contributed by atoms with Crippen LogP contribution in [0.2, 0.25) is 0 Å². The fourth-order valence-corrected chi connectivity index (χ4v) is 4.16. The average molecular weight is 373 g/mol. The molecule has 4 heterocycles. The van der Waals surface area contributed by atoms with Gasteiger partial charge in [0, 0.05) is 18.3 Å². The Hall–Kier alpha value is -2.99. The summed E-state index contributed by atoms with van der Waals surface area (Å²) in [6.45, 7) is 5.97. The van der Waals surface area contributed by atoms with E-state index in [-0.39, 0.29) is 6.04 Å². The topological polar surface area (TPSA) is 59.5 Å². The fraction of sp³-hybridized carbons (Fsp3) is 0.318. The molecule has 1 aromatic carbocycles. The maximum absolute atomic E-state index is 5.81. The first kappa shape index (κ1) is 17.1. The van der Waals surface area contributed by atoms with Crippen LogP contribution >= 0.6 is 0 Å². The van der Waals surface area contributed by atoms with Gasteiger partial charge in [0.2, 0.25) is 5.89 Å². The lowest BCUT2D eigenvalue weighted by molar-refractivity contribution is 0.236. The largest absolute Gasteiger partial charge is 0.444 e. The first-order valence-electron chi connectivity index (χ1n) is 9.75. The van der Waals surface area contributed by atoms with Crippen molar-refractivity contribution < 1.29 is 4.42 Å². The van der Waals surface area contributed by atoms with E-state index < -0.39 is 0 Å². The summed E-state index contributed by atoms with van der Waals surface area (Å²) in [7, 11) is 0. The molecule has 0 amide bonds. The van der Waals surface area contributed by atoms with Gasteiger partial charge in [-0.15, -0.1) is 10.2 Å². The molecular formula is C22H23N5O. The van der Waals surface area contributed by atoms with Crippen LogP contribution in [0.1, 0.15) is 41.5 Å². The van der Waals surface area contributed by atoms with Gasteiger partial charge >= 0.3 is 0 Å². The minimum Gasteiger partial charge on any atom is -0.444 e. The van der Waals surface area contributed by atoms with E-state index in [9.17, 15) is 0 Å².